The standard InChI is InChI=1S/C17H15Cl2N3O3/c1-9(15-11(18)4-3-5-12(15)19)25-10-6-7-13-14(8-10)21-16(20-13)22-17(23)24-2/h3-9H,1-2H3,(H2,20,21,22,23). The summed E-state index contributed by atoms with van der Waals surface area (Å²) in [7, 11) is 1.28. The number of ether oxygens (including phenoxy) is 2. The molecule has 0 bridgehead atoms. The minimum Gasteiger partial charge on any atom is -0.486 e. The summed E-state index contributed by atoms with van der Waals surface area (Å²) in [5, 5.41) is 3.58. The molecule has 0 fully saturated rings. The number of rotatable bonds is 4. The molecule has 6 nitrogen and oxygen atoms in total. The topological polar surface area (TPSA) is 76.2 Å². The molecule has 0 aliphatic carbocycles. The molecule has 2 aromatic carbocycles. The summed E-state index contributed by atoms with van der Waals surface area (Å²) in [5.41, 5.74) is 2.12. The fourth-order valence-electron chi connectivity index (χ4n) is 2.43. The van der Waals surface area contributed by atoms with Crippen LogP contribution in [0.1, 0.15) is 18.6 Å². The summed E-state index contributed by atoms with van der Waals surface area (Å²) in [6.45, 7) is 1.87. The first-order valence-electron chi connectivity index (χ1n) is 7.43. The first-order valence-corrected chi connectivity index (χ1v) is 8.19. The number of hydrogen-bond acceptors (Lipinski definition) is 4. The summed E-state index contributed by atoms with van der Waals surface area (Å²) in [6, 6.07) is 10.7. The van der Waals surface area contributed by atoms with Gasteiger partial charge >= 0.3 is 6.09 Å². The van der Waals surface area contributed by atoms with Crippen molar-refractivity contribution in [1.29, 1.82) is 0 Å². The van der Waals surface area contributed by atoms with Crippen molar-refractivity contribution in [1.82, 2.24) is 9.97 Å². The SMILES string of the molecule is COC(=O)Nc1nc2ccc(OC(C)c3c(Cl)cccc3Cl)cc2[nH]1. The van der Waals surface area contributed by atoms with Gasteiger partial charge in [0, 0.05) is 21.7 Å². The van der Waals surface area contributed by atoms with Gasteiger partial charge in [-0.1, -0.05) is 29.3 Å². The normalized spacial score (nSPS) is 12.0. The van der Waals surface area contributed by atoms with Crippen LogP contribution in [0.2, 0.25) is 10.0 Å². The summed E-state index contributed by atoms with van der Waals surface area (Å²) >= 11 is 12.4. The number of hydrogen-bond donors (Lipinski definition) is 2. The number of halogens is 2. The molecule has 0 saturated heterocycles. The Hall–Kier alpha value is -2.44. The second-order valence-corrected chi connectivity index (χ2v) is 6.09. The average Bonchev–Trinajstić information content (AvgIpc) is 2.96. The van der Waals surface area contributed by atoms with Crippen LogP contribution >= 0.6 is 23.2 Å². The van der Waals surface area contributed by atoms with Crippen molar-refractivity contribution in [3.05, 3.63) is 52.0 Å². The molecule has 25 heavy (non-hydrogen) atoms. The van der Waals surface area contributed by atoms with Crippen molar-refractivity contribution in [3.8, 4) is 5.75 Å². The molecule has 0 aliphatic heterocycles. The van der Waals surface area contributed by atoms with Gasteiger partial charge in [0.25, 0.3) is 0 Å². The maximum Gasteiger partial charge on any atom is 0.413 e. The fraction of sp³-hybridized carbons (Fsp3) is 0.176. The maximum atomic E-state index is 11.2. The van der Waals surface area contributed by atoms with Gasteiger partial charge in [-0.15, -0.1) is 0 Å². The van der Waals surface area contributed by atoms with Crippen LogP contribution in [0.25, 0.3) is 11.0 Å². The van der Waals surface area contributed by atoms with E-state index in [1.165, 1.54) is 7.11 Å². The van der Waals surface area contributed by atoms with E-state index >= 15 is 0 Å². The zero-order valence-corrected chi connectivity index (χ0v) is 15.0. The average molecular weight is 380 g/mol. The lowest BCUT2D eigenvalue weighted by atomic mass is 10.1. The molecule has 1 heterocycles. The van der Waals surface area contributed by atoms with E-state index in [0.717, 1.165) is 5.56 Å². The largest absolute Gasteiger partial charge is 0.486 e. The predicted octanol–water partition coefficient (Wildman–Crippen LogP) is 5.19. The van der Waals surface area contributed by atoms with Crippen LogP contribution in [0.4, 0.5) is 10.7 Å². The zero-order valence-electron chi connectivity index (χ0n) is 13.5. The third-order valence-corrected chi connectivity index (χ3v) is 4.24. The van der Waals surface area contributed by atoms with Gasteiger partial charge in [0.2, 0.25) is 5.95 Å². The van der Waals surface area contributed by atoms with E-state index in [9.17, 15) is 4.79 Å². The van der Waals surface area contributed by atoms with Gasteiger partial charge in [0.05, 0.1) is 18.1 Å². The maximum absolute atomic E-state index is 11.2. The monoisotopic (exact) mass is 379 g/mol. The van der Waals surface area contributed by atoms with Gasteiger partial charge in [-0.2, -0.15) is 0 Å². The summed E-state index contributed by atoms with van der Waals surface area (Å²) in [6.07, 6.45) is -0.938. The van der Waals surface area contributed by atoms with E-state index in [-0.39, 0.29) is 6.10 Å². The van der Waals surface area contributed by atoms with E-state index in [2.05, 4.69) is 20.0 Å². The van der Waals surface area contributed by atoms with Gasteiger partial charge < -0.3 is 14.5 Å². The van der Waals surface area contributed by atoms with E-state index in [1.807, 2.05) is 6.92 Å². The number of aromatic amines is 1. The molecule has 1 atom stereocenters. The highest BCUT2D eigenvalue weighted by Crippen LogP contribution is 2.33. The van der Waals surface area contributed by atoms with Crippen molar-refractivity contribution in [2.75, 3.05) is 12.4 Å². The van der Waals surface area contributed by atoms with Crippen LogP contribution in [0.3, 0.4) is 0 Å². The Morgan fingerprint density at radius 3 is 2.64 bits per heavy atom. The number of benzene rings is 2. The summed E-state index contributed by atoms with van der Waals surface area (Å²) < 4.78 is 10.5. The van der Waals surface area contributed by atoms with E-state index in [4.69, 9.17) is 27.9 Å². The molecule has 1 amide bonds. The Labute approximate surface area is 154 Å². The van der Waals surface area contributed by atoms with Gasteiger partial charge in [-0.3, -0.25) is 5.32 Å². The summed E-state index contributed by atoms with van der Waals surface area (Å²) in [4.78, 5) is 18.5. The first kappa shape index (κ1) is 17.4. The van der Waals surface area contributed by atoms with Crippen molar-refractivity contribution in [2.24, 2.45) is 0 Å². The molecule has 0 aliphatic rings. The molecule has 3 aromatic rings. The Balaban J connectivity index is 1.83. The number of amides is 1. The first-order chi connectivity index (χ1) is 12.0. The van der Waals surface area contributed by atoms with Crippen LogP contribution in [0.15, 0.2) is 36.4 Å². The van der Waals surface area contributed by atoms with Crippen LogP contribution in [0.5, 0.6) is 5.75 Å². The Bertz CT molecular complexity index is 906. The third kappa shape index (κ3) is 3.81. The number of anilines is 1. The number of carbonyl (C=O) groups is 1. The van der Waals surface area contributed by atoms with Crippen LogP contribution in [-0.4, -0.2) is 23.2 Å². The highest BCUT2D eigenvalue weighted by molar-refractivity contribution is 6.36. The van der Waals surface area contributed by atoms with Gasteiger partial charge in [-0.25, -0.2) is 9.78 Å². The Kier molecular flexibility index (Phi) is 5.01. The zero-order chi connectivity index (χ0) is 18.0. The molecule has 130 valence electrons. The third-order valence-electron chi connectivity index (χ3n) is 3.58. The summed E-state index contributed by atoms with van der Waals surface area (Å²) in [5.74, 6) is 0.908. The number of imidazole rings is 1. The second kappa shape index (κ2) is 7.21. The number of aromatic nitrogens is 2. The predicted molar refractivity (Wildman–Crippen MR) is 97.6 cm³/mol. The molecule has 0 spiro atoms. The molecule has 1 aromatic heterocycles. The van der Waals surface area contributed by atoms with Crippen molar-refractivity contribution in [2.45, 2.75) is 13.0 Å². The molecule has 1 unspecified atom stereocenters. The smallest absolute Gasteiger partial charge is 0.413 e. The highest BCUT2D eigenvalue weighted by Gasteiger charge is 2.16. The number of carbonyl (C=O) groups excluding carboxylic acids is 1. The van der Waals surface area contributed by atoms with E-state index in [1.54, 1.807) is 36.4 Å². The Morgan fingerprint density at radius 2 is 1.96 bits per heavy atom. The van der Waals surface area contributed by atoms with E-state index in [0.29, 0.717) is 32.8 Å². The molecule has 0 radical (unpaired) electrons. The molecular formula is C17H15Cl2N3O3. The van der Waals surface area contributed by atoms with E-state index < -0.39 is 6.09 Å². The molecule has 8 heteroatoms. The van der Waals surface area contributed by atoms with Crippen molar-refractivity contribution < 1.29 is 14.3 Å². The number of H-pyrrole nitrogens is 1. The number of fused-ring (bicyclic) bond motifs is 1. The lowest BCUT2D eigenvalue weighted by Gasteiger charge is -2.17. The fourth-order valence-corrected chi connectivity index (χ4v) is 3.14. The second-order valence-electron chi connectivity index (χ2n) is 5.28. The van der Waals surface area contributed by atoms with Crippen LogP contribution in [0, 0.1) is 0 Å². The van der Waals surface area contributed by atoms with Crippen molar-refractivity contribution >= 4 is 46.3 Å². The molecule has 3 rings (SSSR count). The van der Waals surface area contributed by atoms with Crippen LogP contribution in [-0.2, 0) is 4.74 Å². The Morgan fingerprint density at radius 1 is 1.24 bits per heavy atom. The molecular weight excluding hydrogens is 365 g/mol. The quantitative estimate of drug-likeness (QED) is 0.653. The number of methoxy groups -OCH3 is 1. The lowest BCUT2D eigenvalue weighted by Crippen LogP contribution is -2.11. The molecule has 0 saturated carbocycles. The van der Waals surface area contributed by atoms with Crippen molar-refractivity contribution in [3.63, 3.8) is 0 Å². The number of nitrogens with one attached hydrogen (secondary N) is 2. The molecule has 2 N–H and O–H groups in total. The van der Waals surface area contributed by atoms with Crippen LogP contribution < -0.4 is 10.1 Å². The lowest BCUT2D eigenvalue weighted by molar-refractivity contribution is 0.186. The van der Waals surface area contributed by atoms with Gasteiger partial charge in [-0.05, 0) is 31.2 Å². The van der Waals surface area contributed by atoms with Gasteiger partial charge in [0.1, 0.15) is 11.9 Å². The minimum atomic E-state index is -0.600. The minimum absolute atomic E-state index is 0.293. The number of nitrogens with zero attached hydrogens (tertiary/aromatic N) is 1. The van der Waals surface area contributed by atoms with Gasteiger partial charge in [0.15, 0.2) is 0 Å². The highest BCUT2D eigenvalue weighted by atomic mass is 35.5.